The third-order valence-corrected chi connectivity index (χ3v) is 6.11. The van der Waals surface area contributed by atoms with Crippen LogP contribution < -0.4 is 4.74 Å². The summed E-state index contributed by atoms with van der Waals surface area (Å²) < 4.78 is 26.0. The number of pyridine rings is 1. The summed E-state index contributed by atoms with van der Waals surface area (Å²) in [6, 6.07) is 13.8. The third kappa shape index (κ3) is 4.24. The maximum absolute atomic E-state index is 14.1. The summed E-state index contributed by atoms with van der Waals surface area (Å²) in [5, 5.41) is 1.12. The molecule has 2 unspecified atom stereocenters. The first-order valence-corrected chi connectivity index (χ1v) is 11.2. The first kappa shape index (κ1) is 21.6. The Labute approximate surface area is 195 Å². The minimum absolute atomic E-state index is 0.00890. The van der Waals surface area contributed by atoms with E-state index in [1.807, 2.05) is 37.3 Å². The molecule has 0 radical (unpaired) electrons. The lowest BCUT2D eigenvalue weighted by Crippen LogP contribution is -2.09. The quantitative estimate of drug-likeness (QED) is 0.322. The van der Waals surface area contributed by atoms with Crippen LogP contribution in [0, 0.1) is 5.82 Å². The van der Waals surface area contributed by atoms with Crippen molar-refractivity contribution in [1.29, 1.82) is 0 Å². The Hall–Kier alpha value is -3.22. The lowest BCUT2D eigenvalue weighted by Gasteiger charge is -2.15. The highest BCUT2D eigenvalue weighted by atomic mass is 35.5. The molecule has 1 N–H and O–H groups in total. The van der Waals surface area contributed by atoms with Crippen molar-refractivity contribution < 1.29 is 18.7 Å². The Morgan fingerprint density at radius 2 is 2.09 bits per heavy atom. The summed E-state index contributed by atoms with van der Waals surface area (Å²) in [4.78, 5) is 20.9. The average molecular weight is 465 g/mol. The summed E-state index contributed by atoms with van der Waals surface area (Å²) in [5.74, 6) is 0.180. The average Bonchev–Trinajstić information content (AvgIpc) is 3.45. The highest BCUT2D eigenvalue weighted by Crippen LogP contribution is 2.49. The van der Waals surface area contributed by atoms with Crippen LogP contribution in [-0.4, -0.2) is 28.5 Å². The van der Waals surface area contributed by atoms with Gasteiger partial charge in [0.2, 0.25) is 0 Å². The molecule has 2 heterocycles. The second-order valence-electron chi connectivity index (χ2n) is 8.01. The summed E-state index contributed by atoms with van der Waals surface area (Å²) in [6.07, 6.45) is 3.98. The van der Waals surface area contributed by atoms with E-state index in [2.05, 4.69) is 9.97 Å². The van der Waals surface area contributed by atoms with Gasteiger partial charge in [-0.2, -0.15) is 0 Å². The molecular weight excluding hydrogens is 443 g/mol. The molecule has 2 atom stereocenters. The molecule has 0 saturated heterocycles. The third-order valence-electron chi connectivity index (χ3n) is 5.88. The van der Waals surface area contributed by atoms with Crippen LogP contribution in [0.25, 0.3) is 11.0 Å². The molecule has 0 aliphatic heterocycles. The number of ketones is 1. The predicted molar refractivity (Wildman–Crippen MR) is 124 cm³/mol. The fourth-order valence-electron chi connectivity index (χ4n) is 4.19. The van der Waals surface area contributed by atoms with Crippen LogP contribution in [-0.2, 0) is 11.3 Å². The van der Waals surface area contributed by atoms with E-state index in [0.29, 0.717) is 39.7 Å². The van der Waals surface area contributed by atoms with Gasteiger partial charge in [-0.1, -0.05) is 29.8 Å². The van der Waals surface area contributed by atoms with E-state index >= 15 is 0 Å². The molecule has 168 valence electrons. The fraction of sp³-hybridized carbons (Fsp3) is 0.231. The number of aromatic nitrogens is 2. The molecular formula is C26H22ClFN2O3. The van der Waals surface area contributed by atoms with Crippen molar-refractivity contribution >= 4 is 28.4 Å². The first-order valence-electron chi connectivity index (χ1n) is 10.8. The smallest absolute Gasteiger partial charge is 0.195 e. The predicted octanol–water partition coefficient (Wildman–Crippen LogP) is 6.06. The molecule has 1 fully saturated rings. The zero-order valence-corrected chi connectivity index (χ0v) is 18.7. The molecule has 2 aromatic carbocycles. The van der Waals surface area contributed by atoms with Crippen molar-refractivity contribution in [2.45, 2.75) is 32.0 Å². The van der Waals surface area contributed by atoms with Crippen molar-refractivity contribution in [3.05, 3.63) is 94.0 Å². The van der Waals surface area contributed by atoms with E-state index in [0.717, 1.165) is 17.4 Å². The number of aromatic amines is 1. The van der Waals surface area contributed by atoms with Gasteiger partial charge in [0.25, 0.3) is 0 Å². The molecule has 1 aliphatic carbocycles. The minimum Gasteiger partial charge on any atom is -0.494 e. The van der Waals surface area contributed by atoms with Gasteiger partial charge in [0.1, 0.15) is 17.2 Å². The number of halogens is 2. The van der Waals surface area contributed by atoms with Crippen molar-refractivity contribution in [1.82, 2.24) is 9.97 Å². The van der Waals surface area contributed by atoms with Gasteiger partial charge in [0, 0.05) is 51.0 Å². The van der Waals surface area contributed by atoms with E-state index in [1.54, 1.807) is 24.5 Å². The van der Waals surface area contributed by atoms with Crippen LogP contribution in [0.2, 0.25) is 5.02 Å². The highest BCUT2D eigenvalue weighted by molar-refractivity contribution is 6.30. The van der Waals surface area contributed by atoms with Gasteiger partial charge < -0.3 is 14.5 Å². The molecule has 0 amide bonds. The number of carbonyl (C=O) groups is 1. The highest BCUT2D eigenvalue weighted by Gasteiger charge is 2.43. The topological polar surface area (TPSA) is 64.2 Å². The summed E-state index contributed by atoms with van der Waals surface area (Å²) >= 11 is 5.84. The fourth-order valence-corrected chi connectivity index (χ4v) is 4.35. The second kappa shape index (κ2) is 8.96. The largest absolute Gasteiger partial charge is 0.494 e. The van der Waals surface area contributed by atoms with E-state index < -0.39 is 5.82 Å². The number of nitrogens with one attached hydrogen (secondary N) is 1. The van der Waals surface area contributed by atoms with Gasteiger partial charge >= 0.3 is 0 Å². The Morgan fingerprint density at radius 3 is 2.91 bits per heavy atom. The number of benzene rings is 2. The Bertz CT molecular complexity index is 1340. The molecule has 5 rings (SSSR count). The molecule has 0 bridgehead atoms. The van der Waals surface area contributed by atoms with E-state index in [-0.39, 0.29) is 24.4 Å². The lowest BCUT2D eigenvalue weighted by atomic mass is 9.95. The zero-order chi connectivity index (χ0) is 22.9. The van der Waals surface area contributed by atoms with Gasteiger partial charge in [0.05, 0.1) is 19.3 Å². The molecule has 1 aliphatic rings. The number of hydrogen-bond donors (Lipinski definition) is 1. The summed E-state index contributed by atoms with van der Waals surface area (Å²) in [5.41, 5.74) is 3.10. The SMILES string of the molecule is CCOc1cccc(C(=O)c2c[nH]c3ncccc23)c1C1CC1OCc1ccc(Cl)cc1F. The normalized spacial score (nSPS) is 17.3. The molecule has 1 saturated carbocycles. The maximum Gasteiger partial charge on any atom is 0.195 e. The molecule has 5 nitrogen and oxygen atoms in total. The molecule has 2 aromatic heterocycles. The number of ether oxygens (including phenoxy) is 2. The second-order valence-corrected chi connectivity index (χ2v) is 8.45. The minimum atomic E-state index is -0.391. The lowest BCUT2D eigenvalue weighted by molar-refractivity contribution is 0.0987. The van der Waals surface area contributed by atoms with Crippen LogP contribution in [0.3, 0.4) is 0 Å². The molecule has 33 heavy (non-hydrogen) atoms. The number of hydrogen-bond acceptors (Lipinski definition) is 4. The molecule has 4 aromatic rings. The van der Waals surface area contributed by atoms with E-state index in [9.17, 15) is 9.18 Å². The molecule has 0 spiro atoms. The van der Waals surface area contributed by atoms with Crippen molar-refractivity contribution in [3.63, 3.8) is 0 Å². The van der Waals surface area contributed by atoms with Crippen LogP contribution in [0.15, 0.2) is 60.9 Å². The van der Waals surface area contributed by atoms with E-state index in [4.69, 9.17) is 21.1 Å². The Balaban J connectivity index is 1.43. The van der Waals surface area contributed by atoms with Crippen LogP contribution >= 0.6 is 11.6 Å². The van der Waals surface area contributed by atoms with Crippen molar-refractivity contribution in [2.24, 2.45) is 0 Å². The standard InChI is InChI=1S/C26H22ClFN2O3/c1-2-32-22-7-3-5-18(25(31)20-13-30-26-17(20)6-4-10-29-26)24(22)19-12-23(19)33-14-15-8-9-16(27)11-21(15)28/h3-11,13,19,23H,2,12,14H2,1H3,(H,29,30). The van der Waals surface area contributed by atoms with Crippen molar-refractivity contribution in [3.8, 4) is 5.75 Å². The Morgan fingerprint density at radius 1 is 1.21 bits per heavy atom. The zero-order valence-electron chi connectivity index (χ0n) is 18.0. The summed E-state index contributed by atoms with van der Waals surface area (Å²) in [6.45, 7) is 2.53. The van der Waals surface area contributed by atoms with Gasteiger partial charge in [-0.05, 0) is 43.7 Å². The van der Waals surface area contributed by atoms with Gasteiger partial charge in [-0.15, -0.1) is 0 Å². The maximum atomic E-state index is 14.1. The van der Waals surface area contributed by atoms with Gasteiger partial charge in [-0.25, -0.2) is 9.37 Å². The number of carbonyl (C=O) groups excluding carboxylic acids is 1. The monoisotopic (exact) mass is 464 g/mol. The summed E-state index contributed by atoms with van der Waals surface area (Å²) in [7, 11) is 0. The van der Waals surface area contributed by atoms with Crippen LogP contribution in [0.4, 0.5) is 4.39 Å². The van der Waals surface area contributed by atoms with E-state index in [1.165, 1.54) is 6.07 Å². The Kier molecular flexibility index (Phi) is 5.87. The van der Waals surface area contributed by atoms with Gasteiger partial charge in [0.15, 0.2) is 5.78 Å². The van der Waals surface area contributed by atoms with Crippen LogP contribution in [0.5, 0.6) is 5.75 Å². The van der Waals surface area contributed by atoms with Crippen molar-refractivity contribution in [2.75, 3.05) is 6.61 Å². The number of nitrogens with zero attached hydrogens (tertiary/aromatic N) is 1. The van der Waals surface area contributed by atoms with Crippen LogP contribution in [0.1, 0.15) is 46.3 Å². The number of rotatable bonds is 8. The molecule has 7 heteroatoms. The van der Waals surface area contributed by atoms with Gasteiger partial charge in [-0.3, -0.25) is 4.79 Å². The first-order chi connectivity index (χ1) is 16.1. The number of H-pyrrole nitrogens is 1. The number of fused-ring (bicyclic) bond motifs is 1.